The zero-order chi connectivity index (χ0) is 24.4. The molecule has 1 aliphatic rings. The third-order valence-electron chi connectivity index (χ3n) is 6.67. The minimum Gasteiger partial charge on any atom is -0.488 e. The Morgan fingerprint density at radius 2 is 2.06 bits per heavy atom. The van der Waals surface area contributed by atoms with Crippen molar-refractivity contribution in [1.29, 1.82) is 0 Å². The van der Waals surface area contributed by atoms with Crippen molar-refractivity contribution in [3.63, 3.8) is 0 Å². The first-order chi connectivity index (χ1) is 17.0. The normalized spacial score (nSPS) is 15.1. The lowest BCUT2D eigenvalue weighted by Gasteiger charge is -2.23. The van der Waals surface area contributed by atoms with Crippen LogP contribution >= 0.6 is 0 Å². The molecule has 0 radical (unpaired) electrons. The maximum absolute atomic E-state index is 15.4. The van der Waals surface area contributed by atoms with Crippen molar-refractivity contribution < 1.29 is 9.13 Å². The van der Waals surface area contributed by atoms with E-state index < -0.39 is 0 Å². The standard InChI is InChI=1S/C27H31FN6O/c1-18(21-4-6-29-7-5-21)13-23-19(2)12-22(14-24(23)28)25-15-26(27-31-20(3)16-34(27)32-25)35-11-10-33-9-8-30-17-33/h8-9,12-17,21,29H,4-7,10-11H2,1-3H3/b18-13+. The summed E-state index contributed by atoms with van der Waals surface area (Å²) in [7, 11) is 0. The highest BCUT2D eigenvalue weighted by atomic mass is 19.1. The number of fused-ring (bicyclic) bond motifs is 1. The number of benzene rings is 1. The van der Waals surface area contributed by atoms with Gasteiger partial charge in [0.15, 0.2) is 11.4 Å². The minimum absolute atomic E-state index is 0.237. The van der Waals surface area contributed by atoms with Crippen LogP contribution in [0.3, 0.4) is 0 Å². The van der Waals surface area contributed by atoms with Crippen molar-refractivity contribution in [3.05, 3.63) is 71.3 Å². The first-order valence-corrected chi connectivity index (χ1v) is 12.1. The van der Waals surface area contributed by atoms with Crippen molar-refractivity contribution in [1.82, 2.24) is 29.5 Å². The molecule has 0 bridgehead atoms. The molecule has 1 N–H and O–H groups in total. The maximum Gasteiger partial charge on any atom is 0.196 e. The Kier molecular flexibility index (Phi) is 6.63. The van der Waals surface area contributed by atoms with E-state index in [1.807, 2.05) is 49.0 Å². The summed E-state index contributed by atoms with van der Waals surface area (Å²) in [6.07, 6.45) is 11.5. The predicted molar refractivity (Wildman–Crippen MR) is 135 cm³/mol. The molecule has 0 amide bonds. The molecule has 1 fully saturated rings. The van der Waals surface area contributed by atoms with Crippen molar-refractivity contribution in [3.8, 4) is 17.0 Å². The van der Waals surface area contributed by atoms with Crippen molar-refractivity contribution >= 4 is 11.7 Å². The topological polar surface area (TPSA) is 69.3 Å². The average Bonchev–Trinajstić information content (AvgIpc) is 3.50. The second kappa shape index (κ2) is 10.00. The summed E-state index contributed by atoms with van der Waals surface area (Å²) in [6, 6.07) is 5.42. The number of nitrogens with one attached hydrogen (secondary N) is 1. The SMILES string of the molecule is C/C(=C\c1c(C)cc(-c2cc(OCCn3ccnc3)c3nc(C)cn3n2)cc1F)C1CCNCC1. The van der Waals surface area contributed by atoms with E-state index in [1.165, 1.54) is 5.57 Å². The smallest absolute Gasteiger partial charge is 0.196 e. The lowest BCUT2D eigenvalue weighted by atomic mass is 9.89. The molecule has 1 saturated heterocycles. The summed E-state index contributed by atoms with van der Waals surface area (Å²) < 4.78 is 25.1. The molecular weight excluding hydrogens is 443 g/mol. The first-order valence-electron chi connectivity index (χ1n) is 12.1. The summed E-state index contributed by atoms with van der Waals surface area (Å²) in [5, 5.41) is 8.09. The summed E-state index contributed by atoms with van der Waals surface area (Å²) in [6.45, 7) is 9.14. The molecule has 1 aliphatic heterocycles. The highest BCUT2D eigenvalue weighted by molar-refractivity contribution is 5.69. The molecular formula is C27H31FN6O. The monoisotopic (exact) mass is 474 g/mol. The molecule has 35 heavy (non-hydrogen) atoms. The highest BCUT2D eigenvalue weighted by Crippen LogP contribution is 2.31. The van der Waals surface area contributed by atoms with E-state index in [0.29, 0.717) is 47.3 Å². The van der Waals surface area contributed by atoms with Gasteiger partial charge in [0.05, 0.1) is 30.5 Å². The van der Waals surface area contributed by atoms with Gasteiger partial charge in [-0.15, -0.1) is 0 Å². The van der Waals surface area contributed by atoms with Gasteiger partial charge in [0.2, 0.25) is 0 Å². The molecule has 5 rings (SSSR count). The number of hydrogen-bond acceptors (Lipinski definition) is 5. The predicted octanol–water partition coefficient (Wildman–Crippen LogP) is 4.83. The van der Waals surface area contributed by atoms with Gasteiger partial charge in [0.25, 0.3) is 0 Å². The van der Waals surface area contributed by atoms with Gasteiger partial charge in [-0.3, -0.25) is 0 Å². The molecule has 182 valence electrons. The number of hydrogen-bond donors (Lipinski definition) is 1. The number of aromatic nitrogens is 5. The fourth-order valence-electron chi connectivity index (χ4n) is 4.70. The van der Waals surface area contributed by atoms with E-state index in [4.69, 9.17) is 9.84 Å². The lowest BCUT2D eigenvalue weighted by Crippen LogP contribution is -2.28. The van der Waals surface area contributed by atoms with Gasteiger partial charge >= 0.3 is 0 Å². The van der Waals surface area contributed by atoms with Crippen molar-refractivity contribution in [2.24, 2.45) is 5.92 Å². The Hall–Kier alpha value is -3.52. The molecule has 4 heterocycles. The van der Waals surface area contributed by atoms with Gasteiger partial charge in [-0.1, -0.05) is 11.6 Å². The molecule has 3 aromatic heterocycles. The molecule has 8 heteroatoms. The van der Waals surface area contributed by atoms with Gasteiger partial charge in [-0.2, -0.15) is 5.10 Å². The van der Waals surface area contributed by atoms with Crippen LogP contribution in [-0.4, -0.2) is 43.8 Å². The Bertz CT molecular complexity index is 1330. The van der Waals surface area contributed by atoms with Gasteiger partial charge in [-0.05, 0) is 70.3 Å². The van der Waals surface area contributed by atoms with Crippen LogP contribution in [0.25, 0.3) is 23.0 Å². The fraction of sp³-hybridized carbons (Fsp3) is 0.370. The van der Waals surface area contributed by atoms with Crippen molar-refractivity contribution in [2.45, 2.75) is 40.2 Å². The lowest BCUT2D eigenvalue weighted by molar-refractivity contribution is 0.299. The molecule has 1 aromatic carbocycles. The number of aryl methyl sites for hydroxylation is 2. The molecule has 0 aliphatic carbocycles. The summed E-state index contributed by atoms with van der Waals surface area (Å²) >= 11 is 0. The number of piperidine rings is 1. The number of allylic oxidation sites excluding steroid dienone is 1. The molecule has 0 saturated carbocycles. The van der Waals surface area contributed by atoms with Gasteiger partial charge in [-0.25, -0.2) is 18.9 Å². The van der Waals surface area contributed by atoms with Gasteiger partial charge in [0, 0.05) is 29.6 Å². The third-order valence-corrected chi connectivity index (χ3v) is 6.67. The number of halogens is 1. The minimum atomic E-state index is -0.237. The summed E-state index contributed by atoms with van der Waals surface area (Å²) in [5.41, 5.74) is 5.62. The molecule has 0 spiro atoms. The van der Waals surface area contributed by atoms with E-state index in [2.05, 4.69) is 22.2 Å². The van der Waals surface area contributed by atoms with E-state index in [-0.39, 0.29) is 5.82 Å². The zero-order valence-electron chi connectivity index (χ0n) is 20.5. The Morgan fingerprint density at radius 3 is 2.80 bits per heavy atom. The fourth-order valence-corrected chi connectivity index (χ4v) is 4.70. The van der Waals surface area contributed by atoms with Crippen LogP contribution in [0.1, 0.15) is 36.6 Å². The molecule has 0 atom stereocenters. The van der Waals surface area contributed by atoms with Crippen LogP contribution in [0.4, 0.5) is 4.39 Å². The van der Waals surface area contributed by atoms with Crippen LogP contribution in [0.15, 0.2) is 48.7 Å². The first kappa shape index (κ1) is 23.2. The molecule has 0 unspecified atom stereocenters. The van der Waals surface area contributed by atoms with Gasteiger partial charge < -0.3 is 14.6 Å². The van der Waals surface area contributed by atoms with Crippen LogP contribution in [0, 0.1) is 25.6 Å². The van der Waals surface area contributed by atoms with E-state index in [0.717, 1.165) is 37.2 Å². The van der Waals surface area contributed by atoms with Crippen LogP contribution < -0.4 is 10.1 Å². The largest absolute Gasteiger partial charge is 0.488 e. The quantitative estimate of drug-likeness (QED) is 0.416. The average molecular weight is 475 g/mol. The second-order valence-electron chi connectivity index (χ2n) is 9.29. The Balaban J connectivity index is 1.45. The zero-order valence-corrected chi connectivity index (χ0v) is 20.5. The van der Waals surface area contributed by atoms with Crippen LogP contribution in [-0.2, 0) is 6.54 Å². The van der Waals surface area contributed by atoms with Crippen molar-refractivity contribution in [2.75, 3.05) is 19.7 Å². The number of rotatable bonds is 7. The number of nitrogens with zero attached hydrogens (tertiary/aromatic N) is 5. The third kappa shape index (κ3) is 5.12. The van der Waals surface area contributed by atoms with E-state index >= 15 is 4.39 Å². The molecule has 4 aromatic rings. The van der Waals surface area contributed by atoms with E-state index in [9.17, 15) is 0 Å². The van der Waals surface area contributed by atoms with Gasteiger partial charge in [0.1, 0.15) is 12.4 Å². The highest BCUT2D eigenvalue weighted by Gasteiger charge is 2.17. The number of ether oxygens (including phenoxy) is 1. The Morgan fingerprint density at radius 1 is 1.23 bits per heavy atom. The van der Waals surface area contributed by atoms with E-state index in [1.54, 1.807) is 23.1 Å². The maximum atomic E-state index is 15.4. The van der Waals surface area contributed by atoms with Crippen LogP contribution in [0.2, 0.25) is 0 Å². The number of imidazole rings is 2. The summed E-state index contributed by atoms with van der Waals surface area (Å²) in [5.74, 6) is 0.886. The van der Waals surface area contributed by atoms with Crippen LogP contribution in [0.5, 0.6) is 5.75 Å². The second-order valence-corrected chi connectivity index (χ2v) is 9.29. The molecule has 7 nitrogen and oxygen atoms in total. The summed E-state index contributed by atoms with van der Waals surface area (Å²) in [4.78, 5) is 8.62. The Labute approximate surface area is 204 Å².